The summed E-state index contributed by atoms with van der Waals surface area (Å²) in [7, 11) is 0. The first-order valence-corrected chi connectivity index (χ1v) is 11.1. The summed E-state index contributed by atoms with van der Waals surface area (Å²) in [5, 5.41) is 5.66. The molecular weight excluding hydrogens is 409 g/mol. The summed E-state index contributed by atoms with van der Waals surface area (Å²) in [4.78, 5) is 26.4. The minimum absolute atomic E-state index is 0.0543. The number of nitrogens with one attached hydrogen (secondary N) is 2. The number of halogens is 1. The Hall–Kier alpha value is -2.77. The highest BCUT2D eigenvalue weighted by Crippen LogP contribution is 2.15. The van der Waals surface area contributed by atoms with Gasteiger partial charge in [0.2, 0.25) is 5.91 Å². The Kier molecular flexibility index (Phi) is 8.76. The zero-order valence-corrected chi connectivity index (χ0v) is 18.8. The van der Waals surface area contributed by atoms with Gasteiger partial charge < -0.3 is 15.4 Å². The SMILES string of the molecule is CC1CN(Cc2ccc(CNC(=O)CCCNC(=O)c3ccc(F)cc3)cc2)CC(C)O1. The molecule has 1 aliphatic rings. The van der Waals surface area contributed by atoms with Crippen LogP contribution in [0.5, 0.6) is 0 Å². The van der Waals surface area contributed by atoms with Gasteiger partial charge in [-0.15, -0.1) is 0 Å². The molecule has 2 atom stereocenters. The highest BCUT2D eigenvalue weighted by Gasteiger charge is 2.21. The number of carbonyl (C=O) groups is 2. The molecular formula is C25H32FN3O3. The average molecular weight is 442 g/mol. The van der Waals surface area contributed by atoms with Gasteiger partial charge in [0, 0.05) is 44.7 Å². The normalized spacial score (nSPS) is 18.8. The van der Waals surface area contributed by atoms with Crippen molar-refractivity contribution in [2.24, 2.45) is 0 Å². The van der Waals surface area contributed by atoms with Gasteiger partial charge in [0.25, 0.3) is 5.91 Å². The van der Waals surface area contributed by atoms with Crippen LogP contribution >= 0.6 is 0 Å². The predicted octanol–water partition coefficient (Wildman–Crippen LogP) is 3.26. The van der Waals surface area contributed by atoms with E-state index in [9.17, 15) is 14.0 Å². The van der Waals surface area contributed by atoms with Crippen LogP contribution in [0.4, 0.5) is 4.39 Å². The van der Waals surface area contributed by atoms with Crippen molar-refractivity contribution < 1.29 is 18.7 Å². The van der Waals surface area contributed by atoms with Crippen LogP contribution in [0.1, 0.15) is 48.2 Å². The van der Waals surface area contributed by atoms with E-state index in [1.807, 2.05) is 12.1 Å². The van der Waals surface area contributed by atoms with Gasteiger partial charge in [-0.05, 0) is 55.7 Å². The molecule has 1 saturated heterocycles. The van der Waals surface area contributed by atoms with Crippen molar-refractivity contribution >= 4 is 11.8 Å². The number of hydrogen-bond donors (Lipinski definition) is 2. The molecule has 2 N–H and O–H groups in total. The molecule has 0 spiro atoms. The van der Waals surface area contributed by atoms with E-state index in [0.717, 1.165) is 25.2 Å². The molecule has 1 aliphatic heterocycles. The third kappa shape index (κ3) is 7.73. The number of ether oxygens (including phenoxy) is 1. The van der Waals surface area contributed by atoms with E-state index in [1.165, 1.54) is 29.8 Å². The van der Waals surface area contributed by atoms with E-state index in [-0.39, 0.29) is 29.8 Å². The maximum atomic E-state index is 12.9. The molecule has 1 fully saturated rings. The molecule has 2 unspecified atom stereocenters. The summed E-state index contributed by atoms with van der Waals surface area (Å²) in [5.41, 5.74) is 2.70. The Labute approximate surface area is 189 Å². The molecule has 32 heavy (non-hydrogen) atoms. The maximum absolute atomic E-state index is 12.9. The smallest absolute Gasteiger partial charge is 0.251 e. The van der Waals surface area contributed by atoms with Crippen LogP contribution in [-0.4, -0.2) is 48.6 Å². The van der Waals surface area contributed by atoms with Crippen molar-refractivity contribution in [2.75, 3.05) is 19.6 Å². The van der Waals surface area contributed by atoms with Crippen LogP contribution in [0.25, 0.3) is 0 Å². The van der Waals surface area contributed by atoms with Crippen molar-refractivity contribution in [3.63, 3.8) is 0 Å². The summed E-state index contributed by atoms with van der Waals surface area (Å²) in [6, 6.07) is 13.7. The summed E-state index contributed by atoms with van der Waals surface area (Å²) in [6.45, 7) is 7.85. The lowest BCUT2D eigenvalue weighted by Crippen LogP contribution is -2.44. The van der Waals surface area contributed by atoms with Gasteiger partial charge in [0.05, 0.1) is 12.2 Å². The van der Waals surface area contributed by atoms with Crippen molar-refractivity contribution in [2.45, 2.75) is 52.0 Å². The molecule has 1 heterocycles. The van der Waals surface area contributed by atoms with Gasteiger partial charge >= 0.3 is 0 Å². The molecule has 6 nitrogen and oxygen atoms in total. The minimum Gasteiger partial charge on any atom is -0.373 e. The number of amides is 2. The fraction of sp³-hybridized carbons (Fsp3) is 0.440. The first-order chi connectivity index (χ1) is 15.4. The molecule has 3 rings (SSSR count). The fourth-order valence-corrected chi connectivity index (χ4v) is 3.88. The van der Waals surface area contributed by atoms with Crippen molar-refractivity contribution in [1.29, 1.82) is 0 Å². The van der Waals surface area contributed by atoms with E-state index in [1.54, 1.807) is 0 Å². The molecule has 0 aliphatic carbocycles. The molecule has 0 radical (unpaired) electrons. The van der Waals surface area contributed by atoms with Gasteiger partial charge in [-0.2, -0.15) is 0 Å². The molecule has 2 aromatic carbocycles. The lowest BCUT2D eigenvalue weighted by Gasteiger charge is -2.35. The third-order valence-electron chi connectivity index (χ3n) is 5.39. The highest BCUT2D eigenvalue weighted by atomic mass is 19.1. The van der Waals surface area contributed by atoms with Gasteiger partial charge in [-0.25, -0.2) is 4.39 Å². The largest absolute Gasteiger partial charge is 0.373 e. The first kappa shape index (κ1) is 23.9. The van der Waals surface area contributed by atoms with Crippen LogP contribution < -0.4 is 10.6 Å². The quantitative estimate of drug-likeness (QED) is 0.586. The number of rotatable bonds is 9. The number of hydrogen-bond acceptors (Lipinski definition) is 4. The lowest BCUT2D eigenvalue weighted by atomic mass is 10.1. The first-order valence-electron chi connectivity index (χ1n) is 11.1. The maximum Gasteiger partial charge on any atom is 0.251 e. The van der Waals surface area contributed by atoms with Gasteiger partial charge in [-0.3, -0.25) is 14.5 Å². The van der Waals surface area contributed by atoms with E-state index in [0.29, 0.717) is 31.5 Å². The summed E-state index contributed by atoms with van der Waals surface area (Å²) < 4.78 is 18.7. The Morgan fingerprint density at radius 3 is 2.25 bits per heavy atom. The molecule has 0 saturated carbocycles. The highest BCUT2D eigenvalue weighted by molar-refractivity contribution is 5.94. The number of morpholine rings is 1. The van der Waals surface area contributed by atoms with Gasteiger partial charge in [0.1, 0.15) is 5.82 Å². The standard InChI is InChI=1S/C25H32FN3O3/c1-18-15-29(16-19(2)32-18)17-21-7-5-20(6-8-21)14-28-24(30)4-3-13-27-25(31)22-9-11-23(26)12-10-22/h5-12,18-19H,3-4,13-17H2,1-2H3,(H,27,31)(H,28,30). The van der Waals surface area contributed by atoms with Crippen LogP contribution in [0.15, 0.2) is 48.5 Å². The number of carbonyl (C=O) groups excluding carboxylic acids is 2. The van der Waals surface area contributed by atoms with Gasteiger partial charge in [-0.1, -0.05) is 24.3 Å². The molecule has 7 heteroatoms. The predicted molar refractivity (Wildman–Crippen MR) is 122 cm³/mol. The van der Waals surface area contributed by atoms with E-state index in [2.05, 4.69) is 41.5 Å². The molecule has 0 aromatic heterocycles. The monoisotopic (exact) mass is 441 g/mol. The second kappa shape index (κ2) is 11.7. The van der Waals surface area contributed by atoms with Crippen LogP contribution in [-0.2, 0) is 22.6 Å². The lowest BCUT2D eigenvalue weighted by molar-refractivity contribution is -0.121. The van der Waals surface area contributed by atoms with Crippen molar-refractivity contribution in [3.8, 4) is 0 Å². The summed E-state index contributed by atoms with van der Waals surface area (Å²) in [5.74, 6) is -0.706. The number of nitrogens with zero attached hydrogens (tertiary/aromatic N) is 1. The van der Waals surface area contributed by atoms with Crippen LogP contribution in [0.2, 0.25) is 0 Å². The Morgan fingerprint density at radius 1 is 0.969 bits per heavy atom. The Balaban J connectivity index is 1.32. The van der Waals surface area contributed by atoms with Crippen molar-refractivity contribution in [3.05, 3.63) is 71.0 Å². The zero-order chi connectivity index (χ0) is 22.9. The molecule has 2 amide bonds. The van der Waals surface area contributed by atoms with Crippen LogP contribution in [0, 0.1) is 5.82 Å². The average Bonchev–Trinajstić information content (AvgIpc) is 2.76. The van der Waals surface area contributed by atoms with Crippen molar-refractivity contribution in [1.82, 2.24) is 15.5 Å². The molecule has 2 aromatic rings. The fourth-order valence-electron chi connectivity index (χ4n) is 3.88. The second-order valence-electron chi connectivity index (χ2n) is 8.41. The summed E-state index contributed by atoms with van der Waals surface area (Å²) in [6.07, 6.45) is 1.37. The number of benzene rings is 2. The molecule has 172 valence electrons. The Morgan fingerprint density at radius 2 is 1.59 bits per heavy atom. The minimum atomic E-state index is -0.380. The zero-order valence-electron chi connectivity index (χ0n) is 18.8. The second-order valence-corrected chi connectivity index (χ2v) is 8.41. The van der Waals surface area contributed by atoms with Crippen LogP contribution in [0.3, 0.4) is 0 Å². The molecule has 0 bridgehead atoms. The van der Waals surface area contributed by atoms with E-state index in [4.69, 9.17) is 4.74 Å². The summed E-state index contributed by atoms with van der Waals surface area (Å²) >= 11 is 0. The van der Waals surface area contributed by atoms with E-state index < -0.39 is 0 Å². The Bertz CT molecular complexity index is 876. The van der Waals surface area contributed by atoms with Gasteiger partial charge in [0.15, 0.2) is 0 Å². The third-order valence-corrected chi connectivity index (χ3v) is 5.39. The van der Waals surface area contributed by atoms with E-state index >= 15 is 0 Å². The topological polar surface area (TPSA) is 70.7 Å².